The van der Waals surface area contributed by atoms with Gasteiger partial charge in [-0.1, -0.05) is 30.9 Å². The van der Waals surface area contributed by atoms with Crippen molar-refractivity contribution in [3.05, 3.63) is 36.5 Å². The third-order valence-corrected chi connectivity index (χ3v) is 1.32. The average Bonchev–Trinajstić information content (AvgIpc) is 2.03. The molecular formula is C9H14N2O. The first-order valence-electron chi connectivity index (χ1n) is 3.62. The lowest BCUT2D eigenvalue weighted by atomic mass is 10.1. The zero-order chi connectivity index (χ0) is 9.56. The van der Waals surface area contributed by atoms with Crippen LogP contribution in [0.4, 0.5) is 0 Å². The minimum atomic E-state index is -0.786. The maximum absolute atomic E-state index is 10.6. The van der Waals surface area contributed by atoms with Gasteiger partial charge in [0, 0.05) is 0 Å². The zero-order valence-corrected chi connectivity index (χ0v) is 7.16. The van der Waals surface area contributed by atoms with Crippen LogP contribution in [0.3, 0.4) is 0 Å². The minimum Gasteiger partial charge on any atom is -0.368 e. The molecule has 0 aliphatic heterocycles. The average molecular weight is 166 g/mol. The van der Waals surface area contributed by atoms with E-state index >= 15 is 0 Å². The summed E-state index contributed by atoms with van der Waals surface area (Å²) in [4.78, 5) is 10.6. The number of hydrogen-bond acceptors (Lipinski definition) is 2. The number of allylic oxidation sites excluding steroid dienone is 3. The standard InChI is InChI=1S/C9H14N2O/c1-3-4-5-6-7(2)8(10)9(11)12/h3-6,8H,2,10H2,1H3,(H2,11,12)/b4-3-,6-5-. The molecule has 0 heterocycles. The van der Waals surface area contributed by atoms with Crippen LogP contribution in [-0.2, 0) is 4.79 Å². The van der Waals surface area contributed by atoms with Crippen molar-refractivity contribution in [2.24, 2.45) is 11.5 Å². The fourth-order valence-corrected chi connectivity index (χ4v) is 0.577. The van der Waals surface area contributed by atoms with E-state index in [1.54, 1.807) is 12.2 Å². The summed E-state index contributed by atoms with van der Waals surface area (Å²) in [5, 5.41) is 0. The smallest absolute Gasteiger partial charge is 0.238 e. The normalized spacial score (nSPS) is 13.8. The molecule has 0 aliphatic carbocycles. The van der Waals surface area contributed by atoms with Crippen LogP contribution in [0.15, 0.2) is 36.5 Å². The molecule has 0 aromatic heterocycles. The Balaban J connectivity index is 4.13. The van der Waals surface area contributed by atoms with Gasteiger partial charge in [0.1, 0.15) is 6.04 Å². The number of carbonyl (C=O) groups is 1. The van der Waals surface area contributed by atoms with Crippen molar-refractivity contribution in [2.75, 3.05) is 0 Å². The second-order valence-electron chi connectivity index (χ2n) is 2.34. The quantitative estimate of drug-likeness (QED) is 0.597. The van der Waals surface area contributed by atoms with Crippen molar-refractivity contribution in [3.8, 4) is 0 Å². The summed E-state index contributed by atoms with van der Waals surface area (Å²) in [6, 6.07) is -0.786. The fourth-order valence-electron chi connectivity index (χ4n) is 0.577. The van der Waals surface area contributed by atoms with Crippen LogP contribution in [0.25, 0.3) is 0 Å². The first-order valence-corrected chi connectivity index (χ1v) is 3.62. The highest BCUT2D eigenvalue weighted by Crippen LogP contribution is 1.97. The van der Waals surface area contributed by atoms with Gasteiger partial charge in [-0.2, -0.15) is 0 Å². The van der Waals surface area contributed by atoms with E-state index < -0.39 is 11.9 Å². The summed E-state index contributed by atoms with van der Waals surface area (Å²) in [6.45, 7) is 5.49. The van der Waals surface area contributed by atoms with Crippen LogP contribution >= 0.6 is 0 Å². The molecule has 0 fully saturated rings. The number of hydrogen-bond donors (Lipinski definition) is 2. The molecule has 0 aromatic carbocycles. The van der Waals surface area contributed by atoms with E-state index in [1.807, 2.05) is 19.1 Å². The van der Waals surface area contributed by atoms with E-state index in [4.69, 9.17) is 11.5 Å². The highest BCUT2D eigenvalue weighted by molar-refractivity contribution is 5.83. The van der Waals surface area contributed by atoms with Crippen LogP contribution in [0, 0.1) is 0 Å². The largest absolute Gasteiger partial charge is 0.368 e. The Kier molecular flexibility index (Phi) is 4.72. The molecule has 0 saturated heterocycles. The van der Waals surface area contributed by atoms with E-state index in [2.05, 4.69) is 6.58 Å². The molecule has 0 bridgehead atoms. The molecule has 3 nitrogen and oxygen atoms in total. The third kappa shape index (κ3) is 3.73. The molecule has 0 radical (unpaired) electrons. The van der Waals surface area contributed by atoms with E-state index in [0.717, 1.165) is 0 Å². The van der Waals surface area contributed by atoms with Gasteiger partial charge in [-0.3, -0.25) is 4.79 Å². The molecule has 0 aliphatic rings. The van der Waals surface area contributed by atoms with E-state index in [9.17, 15) is 4.79 Å². The Morgan fingerprint density at radius 3 is 2.50 bits per heavy atom. The van der Waals surface area contributed by atoms with E-state index in [0.29, 0.717) is 5.57 Å². The van der Waals surface area contributed by atoms with Gasteiger partial charge in [-0.05, 0) is 12.5 Å². The Bertz CT molecular complexity index is 229. The van der Waals surface area contributed by atoms with Gasteiger partial charge in [0.15, 0.2) is 0 Å². The summed E-state index contributed by atoms with van der Waals surface area (Å²) < 4.78 is 0. The number of nitrogens with two attached hydrogens (primary N) is 2. The number of carbonyl (C=O) groups excluding carboxylic acids is 1. The summed E-state index contributed by atoms with van der Waals surface area (Å²) in [7, 11) is 0. The Morgan fingerprint density at radius 2 is 2.08 bits per heavy atom. The monoisotopic (exact) mass is 166 g/mol. The predicted molar refractivity (Wildman–Crippen MR) is 50.3 cm³/mol. The molecule has 66 valence electrons. The zero-order valence-electron chi connectivity index (χ0n) is 7.16. The van der Waals surface area contributed by atoms with Gasteiger partial charge in [-0.15, -0.1) is 0 Å². The topological polar surface area (TPSA) is 69.1 Å². The lowest BCUT2D eigenvalue weighted by molar-refractivity contribution is -0.118. The second kappa shape index (κ2) is 5.32. The summed E-state index contributed by atoms with van der Waals surface area (Å²) in [5.41, 5.74) is 10.9. The van der Waals surface area contributed by atoms with Crippen molar-refractivity contribution in [1.29, 1.82) is 0 Å². The molecule has 0 aromatic rings. The Morgan fingerprint density at radius 1 is 1.50 bits per heavy atom. The summed E-state index contributed by atoms with van der Waals surface area (Å²) in [5.74, 6) is -0.565. The van der Waals surface area contributed by atoms with Gasteiger partial charge in [0.25, 0.3) is 0 Å². The first kappa shape index (κ1) is 10.7. The van der Waals surface area contributed by atoms with Crippen LogP contribution in [0.5, 0.6) is 0 Å². The molecule has 4 N–H and O–H groups in total. The van der Waals surface area contributed by atoms with Crippen molar-refractivity contribution >= 4 is 5.91 Å². The Labute approximate surface area is 72.4 Å². The fraction of sp³-hybridized carbons (Fsp3) is 0.222. The molecule has 0 spiro atoms. The predicted octanol–water partition coefficient (Wildman–Crippen LogP) is 0.488. The highest BCUT2D eigenvalue weighted by Gasteiger charge is 2.09. The van der Waals surface area contributed by atoms with Crippen LogP contribution < -0.4 is 11.5 Å². The van der Waals surface area contributed by atoms with Gasteiger partial charge >= 0.3 is 0 Å². The maximum Gasteiger partial charge on any atom is 0.238 e. The van der Waals surface area contributed by atoms with E-state index in [1.165, 1.54) is 0 Å². The molecule has 0 rings (SSSR count). The molecule has 0 saturated carbocycles. The van der Waals surface area contributed by atoms with Gasteiger partial charge in [0.2, 0.25) is 5.91 Å². The van der Waals surface area contributed by atoms with Crippen molar-refractivity contribution in [3.63, 3.8) is 0 Å². The van der Waals surface area contributed by atoms with Crippen molar-refractivity contribution in [1.82, 2.24) is 0 Å². The third-order valence-electron chi connectivity index (χ3n) is 1.32. The molecule has 12 heavy (non-hydrogen) atoms. The SMILES string of the molecule is C=C(/C=C\C=C/C)C(N)C(N)=O. The summed E-state index contributed by atoms with van der Waals surface area (Å²) >= 11 is 0. The van der Waals surface area contributed by atoms with Gasteiger partial charge < -0.3 is 11.5 Å². The Hall–Kier alpha value is -1.35. The van der Waals surface area contributed by atoms with Crippen LogP contribution in [-0.4, -0.2) is 11.9 Å². The highest BCUT2D eigenvalue weighted by atomic mass is 16.1. The van der Waals surface area contributed by atoms with Gasteiger partial charge in [-0.25, -0.2) is 0 Å². The van der Waals surface area contributed by atoms with Gasteiger partial charge in [0.05, 0.1) is 0 Å². The molecule has 1 unspecified atom stereocenters. The van der Waals surface area contributed by atoms with Crippen LogP contribution in [0.2, 0.25) is 0 Å². The number of amides is 1. The van der Waals surface area contributed by atoms with Crippen molar-refractivity contribution < 1.29 is 4.79 Å². The molecular weight excluding hydrogens is 152 g/mol. The van der Waals surface area contributed by atoms with E-state index in [-0.39, 0.29) is 0 Å². The number of primary amides is 1. The lowest BCUT2D eigenvalue weighted by Crippen LogP contribution is -2.37. The second-order valence-corrected chi connectivity index (χ2v) is 2.34. The number of rotatable bonds is 4. The molecule has 1 amide bonds. The minimum absolute atomic E-state index is 0.514. The van der Waals surface area contributed by atoms with Crippen LogP contribution in [0.1, 0.15) is 6.92 Å². The molecule has 3 heteroatoms. The summed E-state index contributed by atoms with van der Waals surface area (Å²) in [6.07, 6.45) is 7.10. The first-order chi connectivity index (χ1) is 5.59. The van der Waals surface area contributed by atoms with Crippen molar-refractivity contribution in [2.45, 2.75) is 13.0 Å². The maximum atomic E-state index is 10.6. The molecule has 1 atom stereocenters. The lowest BCUT2D eigenvalue weighted by Gasteiger charge is -2.05.